The minimum atomic E-state index is -0.556. The van der Waals surface area contributed by atoms with E-state index in [2.05, 4.69) is 24.3 Å². The number of fused-ring (bicyclic) bond motifs is 1. The summed E-state index contributed by atoms with van der Waals surface area (Å²) in [6.07, 6.45) is 1.28. The summed E-state index contributed by atoms with van der Waals surface area (Å²) < 4.78 is 12.4. The Morgan fingerprint density at radius 3 is 2.61 bits per heavy atom. The molecule has 2 amide bonds. The number of rotatable bonds is 7. The van der Waals surface area contributed by atoms with Crippen LogP contribution in [0.2, 0.25) is 0 Å². The summed E-state index contributed by atoms with van der Waals surface area (Å²) in [6.45, 7) is 12.4. The maximum absolute atomic E-state index is 12.7. The van der Waals surface area contributed by atoms with Gasteiger partial charge in [-0.1, -0.05) is 13.8 Å². The third-order valence-electron chi connectivity index (χ3n) is 4.51. The summed E-state index contributed by atoms with van der Waals surface area (Å²) in [5, 5.41) is 7.43. The third-order valence-corrected chi connectivity index (χ3v) is 4.51. The maximum Gasteiger partial charge on any atom is 0.410 e. The topological polar surface area (TPSA) is 85.7 Å². The fraction of sp³-hybridized carbons (Fsp3) is 0.750. The Hall–Kier alpha value is -2.09. The van der Waals surface area contributed by atoms with Gasteiger partial charge < -0.3 is 19.7 Å². The molecule has 0 aromatic carbocycles. The summed E-state index contributed by atoms with van der Waals surface area (Å²) in [4.78, 5) is 26.8. The highest BCUT2D eigenvalue weighted by atomic mass is 16.6. The molecule has 1 N–H and O–H groups in total. The van der Waals surface area contributed by atoms with Crippen molar-refractivity contribution in [3.63, 3.8) is 0 Å². The van der Waals surface area contributed by atoms with E-state index in [-0.39, 0.29) is 12.0 Å². The summed E-state index contributed by atoms with van der Waals surface area (Å²) in [6, 6.07) is 0. The van der Waals surface area contributed by atoms with Crippen LogP contribution in [-0.2, 0) is 29.0 Å². The van der Waals surface area contributed by atoms with E-state index in [0.29, 0.717) is 44.3 Å². The van der Waals surface area contributed by atoms with Gasteiger partial charge in [0, 0.05) is 44.4 Å². The first-order chi connectivity index (χ1) is 13.1. The van der Waals surface area contributed by atoms with Gasteiger partial charge in [0.1, 0.15) is 5.60 Å². The fourth-order valence-corrected chi connectivity index (χ4v) is 3.07. The lowest BCUT2D eigenvalue weighted by molar-refractivity contribution is 0.0221. The quantitative estimate of drug-likeness (QED) is 0.719. The van der Waals surface area contributed by atoms with E-state index in [0.717, 1.165) is 24.2 Å². The van der Waals surface area contributed by atoms with Crippen LogP contribution in [-0.4, -0.2) is 59.1 Å². The molecule has 1 aliphatic heterocycles. The third kappa shape index (κ3) is 5.95. The average Bonchev–Trinajstić information content (AvgIpc) is 2.96. The number of nitrogens with one attached hydrogen (secondary N) is 1. The first kappa shape index (κ1) is 22.2. The molecule has 1 aliphatic rings. The van der Waals surface area contributed by atoms with Crippen LogP contribution < -0.4 is 5.32 Å². The SMILES string of the molecule is COCCNC(=O)c1nn(CCC(C)C)c2c1CN(C(=O)OC(C)(C)C)CC2. The van der Waals surface area contributed by atoms with Crippen LogP contribution >= 0.6 is 0 Å². The van der Waals surface area contributed by atoms with E-state index < -0.39 is 5.60 Å². The molecule has 2 heterocycles. The number of carbonyl (C=O) groups is 2. The monoisotopic (exact) mass is 394 g/mol. The molecule has 8 nitrogen and oxygen atoms in total. The normalized spacial score (nSPS) is 14.2. The second-order valence-electron chi connectivity index (χ2n) is 8.58. The number of hydrogen-bond donors (Lipinski definition) is 1. The second kappa shape index (κ2) is 9.41. The van der Waals surface area contributed by atoms with Crippen molar-refractivity contribution in [1.82, 2.24) is 20.0 Å². The summed E-state index contributed by atoms with van der Waals surface area (Å²) in [7, 11) is 1.59. The molecule has 0 atom stereocenters. The molecule has 1 aromatic rings. The Bertz CT molecular complexity index is 691. The van der Waals surface area contributed by atoms with Gasteiger partial charge in [-0.25, -0.2) is 4.79 Å². The van der Waals surface area contributed by atoms with Crippen molar-refractivity contribution < 1.29 is 19.1 Å². The number of ether oxygens (including phenoxy) is 2. The maximum atomic E-state index is 12.7. The standard InChI is InChI=1S/C20H34N4O4/c1-14(2)7-11-24-16-8-10-23(19(26)28-20(3,4)5)13-15(16)17(22-24)18(25)21-9-12-27-6/h14H,7-13H2,1-6H3,(H,21,25). The van der Waals surface area contributed by atoms with Crippen LogP contribution in [0.15, 0.2) is 0 Å². The Labute approximate surface area is 167 Å². The van der Waals surface area contributed by atoms with Crippen molar-refractivity contribution in [3.8, 4) is 0 Å². The number of hydrogen-bond acceptors (Lipinski definition) is 5. The molecule has 8 heteroatoms. The molecular formula is C20H34N4O4. The van der Waals surface area contributed by atoms with Crippen LogP contribution in [0.5, 0.6) is 0 Å². The van der Waals surface area contributed by atoms with E-state index in [4.69, 9.17) is 9.47 Å². The molecule has 0 fully saturated rings. The minimum absolute atomic E-state index is 0.234. The molecule has 28 heavy (non-hydrogen) atoms. The van der Waals surface area contributed by atoms with Gasteiger partial charge in [0.15, 0.2) is 5.69 Å². The van der Waals surface area contributed by atoms with Crippen molar-refractivity contribution in [2.24, 2.45) is 5.92 Å². The summed E-state index contributed by atoms with van der Waals surface area (Å²) in [5.41, 5.74) is 1.69. The summed E-state index contributed by atoms with van der Waals surface area (Å²) in [5.74, 6) is 0.309. The zero-order valence-corrected chi connectivity index (χ0v) is 18.0. The molecular weight excluding hydrogens is 360 g/mol. The van der Waals surface area contributed by atoms with Crippen molar-refractivity contribution in [2.75, 3.05) is 26.8 Å². The lowest BCUT2D eigenvalue weighted by Gasteiger charge is -2.30. The Balaban J connectivity index is 2.24. The van der Waals surface area contributed by atoms with Crippen LogP contribution in [0, 0.1) is 5.92 Å². The van der Waals surface area contributed by atoms with Gasteiger partial charge in [0.2, 0.25) is 0 Å². The minimum Gasteiger partial charge on any atom is -0.444 e. The van der Waals surface area contributed by atoms with Gasteiger partial charge in [-0.15, -0.1) is 0 Å². The van der Waals surface area contributed by atoms with Crippen LogP contribution in [0.3, 0.4) is 0 Å². The average molecular weight is 395 g/mol. The van der Waals surface area contributed by atoms with Crippen LogP contribution in [0.4, 0.5) is 4.79 Å². The van der Waals surface area contributed by atoms with E-state index in [9.17, 15) is 9.59 Å². The van der Waals surface area contributed by atoms with E-state index in [1.165, 1.54) is 0 Å². The molecule has 0 saturated heterocycles. The molecule has 1 aromatic heterocycles. The number of aryl methyl sites for hydroxylation is 1. The van der Waals surface area contributed by atoms with Gasteiger partial charge in [-0.2, -0.15) is 5.10 Å². The predicted octanol–water partition coefficient (Wildman–Crippen LogP) is 2.60. The number of carbonyl (C=O) groups excluding carboxylic acids is 2. The summed E-state index contributed by atoms with van der Waals surface area (Å²) >= 11 is 0. The van der Waals surface area contributed by atoms with Gasteiger partial charge in [-0.05, 0) is 33.1 Å². The first-order valence-corrected chi connectivity index (χ1v) is 9.96. The highest BCUT2D eigenvalue weighted by Crippen LogP contribution is 2.25. The van der Waals surface area contributed by atoms with Crippen LogP contribution in [0.1, 0.15) is 62.8 Å². The van der Waals surface area contributed by atoms with Gasteiger partial charge >= 0.3 is 6.09 Å². The Morgan fingerprint density at radius 1 is 1.29 bits per heavy atom. The molecule has 2 rings (SSSR count). The van der Waals surface area contributed by atoms with E-state index >= 15 is 0 Å². The highest BCUT2D eigenvalue weighted by molar-refractivity contribution is 5.94. The lowest BCUT2D eigenvalue weighted by atomic mass is 10.0. The number of nitrogens with zero attached hydrogens (tertiary/aromatic N) is 3. The van der Waals surface area contributed by atoms with Gasteiger partial charge in [0.05, 0.1) is 13.2 Å². The molecule has 158 valence electrons. The van der Waals surface area contributed by atoms with Gasteiger partial charge in [0.25, 0.3) is 5.91 Å². The second-order valence-corrected chi connectivity index (χ2v) is 8.58. The number of aromatic nitrogens is 2. The van der Waals surface area contributed by atoms with Crippen molar-refractivity contribution in [2.45, 2.75) is 66.2 Å². The van der Waals surface area contributed by atoms with Crippen molar-refractivity contribution >= 4 is 12.0 Å². The molecule has 0 unspecified atom stereocenters. The first-order valence-electron chi connectivity index (χ1n) is 9.96. The molecule has 0 saturated carbocycles. The smallest absolute Gasteiger partial charge is 0.410 e. The lowest BCUT2D eigenvalue weighted by Crippen LogP contribution is -2.40. The van der Waals surface area contributed by atoms with Gasteiger partial charge in [-0.3, -0.25) is 9.48 Å². The molecule has 0 aliphatic carbocycles. The van der Waals surface area contributed by atoms with E-state index in [1.54, 1.807) is 12.0 Å². The molecule has 0 bridgehead atoms. The zero-order chi connectivity index (χ0) is 20.9. The predicted molar refractivity (Wildman–Crippen MR) is 106 cm³/mol. The number of amides is 2. The Morgan fingerprint density at radius 2 is 2.00 bits per heavy atom. The van der Waals surface area contributed by atoms with Crippen molar-refractivity contribution in [1.29, 1.82) is 0 Å². The molecule has 0 radical (unpaired) electrons. The zero-order valence-electron chi connectivity index (χ0n) is 18.0. The fourth-order valence-electron chi connectivity index (χ4n) is 3.07. The number of methoxy groups -OCH3 is 1. The van der Waals surface area contributed by atoms with E-state index in [1.807, 2.05) is 25.5 Å². The molecule has 0 spiro atoms. The Kier molecular flexibility index (Phi) is 7.46. The van der Waals surface area contributed by atoms with Crippen LogP contribution in [0.25, 0.3) is 0 Å². The van der Waals surface area contributed by atoms with Crippen molar-refractivity contribution in [3.05, 3.63) is 17.0 Å². The largest absolute Gasteiger partial charge is 0.444 e. The highest BCUT2D eigenvalue weighted by Gasteiger charge is 2.32.